The maximum atomic E-state index is 6.04. The van der Waals surface area contributed by atoms with Crippen molar-refractivity contribution in [3.8, 4) is 0 Å². The van der Waals surface area contributed by atoms with Gasteiger partial charge in [0.1, 0.15) is 0 Å². The monoisotopic (exact) mass is 213 g/mol. The normalized spacial score (nSPS) is 29.4. The van der Waals surface area contributed by atoms with E-state index in [0.29, 0.717) is 12.0 Å². The third-order valence-corrected chi connectivity index (χ3v) is 4.11. The van der Waals surface area contributed by atoms with E-state index >= 15 is 0 Å². The minimum atomic E-state index is 0.0805. The van der Waals surface area contributed by atoms with E-state index in [4.69, 9.17) is 10.5 Å². The molecular formula is C13H27NO. The molecule has 2 atom stereocenters. The molecule has 0 aromatic carbocycles. The van der Waals surface area contributed by atoms with Gasteiger partial charge in [0.05, 0.1) is 11.7 Å². The molecule has 1 aliphatic rings. The predicted molar refractivity (Wildman–Crippen MR) is 64.8 cm³/mol. The molecule has 2 unspecified atom stereocenters. The molecule has 1 aliphatic heterocycles. The highest BCUT2D eigenvalue weighted by Crippen LogP contribution is 2.38. The quantitative estimate of drug-likeness (QED) is 0.779. The summed E-state index contributed by atoms with van der Waals surface area (Å²) < 4.78 is 6.04. The van der Waals surface area contributed by atoms with Gasteiger partial charge in [-0.05, 0) is 51.0 Å². The lowest BCUT2D eigenvalue weighted by Gasteiger charge is -2.35. The average molecular weight is 213 g/mol. The standard InChI is InChI=1S/C13H27NO/c1-10(2)13(5,9-14)8-11-6-7-12(3,4)15-11/h10-11H,6-9,14H2,1-5H3. The van der Waals surface area contributed by atoms with Crippen LogP contribution in [0.3, 0.4) is 0 Å². The maximum absolute atomic E-state index is 6.04. The van der Waals surface area contributed by atoms with Crippen molar-refractivity contribution < 1.29 is 4.74 Å². The summed E-state index contributed by atoms with van der Waals surface area (Å²) in [6, 6.07) is 0. The highest BCUT2D eigenvalue weighted by molar-refractivity contribution is 4.88. The number of hydrogen-bond acceptors (Lipinski definition) is 2. The molecule has 1 saturated heterocycles. The first-order valence-corrected chi connectivity index (χ1v) is 6.17. The van der Waals surface area contributed by atoms with Crippen molar-refractivity contribution in [3.63, 3.8) is 0 Å². The van der Waals surface area contributed by atoms with Crippen LogP contribution < -0.4 is 5.73 Å². The van der Waals surface area contributed by atoms with Crippen molar-refractivity contribution in [1.29, 1.82) is 0 Å². The summed E-state index contributed by atoms with van der Waals surface area (Å²) in [6.07, 6.45) is 3.88. The minimum Gasteiger partial charge on any atom is -0.372 e. The fourth-order valence-corrected chi connectivity index (χ4v) is 2.30. The molecular weight excluding hydrogens is 186 g/mol. The van der Waals surface area contributed by atoms with Crippen LogP contribution in [0.4, 0.5) is 0 Å². The van der Waals surface area contributed by atoms with Crippen molar-refractivity contribution in [2.24, 2.45) is 17.1 Å². The van der Waals surface area contributed by atoms with Gasteiger partial charge >= 0.3 is 0 Å². The first-order valence-electron chi connectivity index (χ1n) is 6.17. The van der Waals surface area contributed by atoms with E-state index in [1.165, 1.54) is 12.8 Å². The van der Waals surface area contributed by atoms with E-state index in [0.717, 1.165) is 13.0 Å². The molecule has 1 rings (SSSR count). The molecule has 90 valence electrons. The maximum Gasteiger partial charge on any atom is 0.0631 e. The van der Waals surface area contributed by atoms with Crippen LogP contribution in [-0.2, 0) is 4.74 Å². The molecule has 0 spiro atoms. The average Bonchev–Trinajstić information content (AvgIpc) is 2.45. The second-order valence-electron chi connectivity index (χ2n) is 6.26. The van der Waals surface area contributed by atoms with Crippen LogP contribution in [-0.4, -0.2) is 18.2 Å². The molecule has 2 N–H and O–H groups in total. The second-order valence-corrected chi connectivity index (χ2v) is 6.26. The molecule has 15 heavy (non-hydrogen) atoms. The molecule has 0 aliphatic carbocycles. The Morgan fingerprint density at radius 2 is 2.07 bits per heavy atom. The summed E-state index contributed by atoms with van der Waals surface area (Å²) >= 11 is 0. The molecule has 0 aromatic heterocycles. The molecule has 2 nitrogen and oxygen atoms in total. The Hall–Kier alpha value is -0.0800. The van der Waals surface area contributed by atoms with Crippen molar-refractivity contribution in [1.82, 2.24) is 0 Å². The summed E-state index contributed by atoms with van der Waals surface area (Å²) in [7, 11) is 0. The van der Waals surface area contributed by atoms with Gasteiger partial charge in [0.15, 0.2) is 0 Å². The zero-order chi connectivity index (χ0) is 11.7. The zero-order valence-corrected chi connectivity index (χ0v) is 11.0. The molecule has 0 saturated carbocycles. The first kappa shape index (κ1) is 13.0. The Labute approximate surface area is 94.6 Å². The van der Waals surface area contributed by atoms with Crippen molar-refractivity contribution in [2.45, 2.75) is 65.6 Å². The molecule has 1 fully saturated rings. The van der Waals surface area contributed by atoms with Gasteiger partial charge in [-0.25, -0.2) is 0 Å². The summed E-state index contributed by atoms with van der Waals surface area (Å²) in [6.45, 7) is 11.9. The fourth-order valence-electron chi connectivity index (χ4n) is 2.30. The third kappa shape index (κ3) is 3.18. The third-order valence-electron chi connectivity index (χ3n) is 4.11. The fraction of sp³-hybridized carbons (Fsp3) is 1.00. The Kier molecular flexibility index (Phi) is 3.83. The topological polar surface area (TPSA) is 35.2 Å². The Balaban J connectivity index is 2.54. The van der Waals surface area contributed by atoms with E-state index in [9.17, 15) is 0 Å². The lowest BCUT2D eigenvalue weighted by Crippen LogP contribution is -2.36. The van der Waals surface area contributed by atoms with Crippen LogP contribution in [0.1, 0.15) is 53.9 Å². The van der Waals surface area contributed by atoms with Crippen LogP contribution in [0.15, 0.2) is 0 Å². The Morgan fingerprint density at radius 1 is 1.47 bits per heavy atom. The lowest BCUT2D eigenvalue weighted by molar-refractivity contribution is -0.0384. The molecule has 1 heterocycles. The van der Waals surface area contributed by atoms with Crippen LogP contribution in [0.2, 0.25) is 0 Å². The highest BCUT2D eigenvalue weighted by atomic mass is 16.5. The van der Waals surface area contributed by atoms with Crippen LogP contribution in [0, 0.1) is 11.3 Å². The van der Waals surface area contributed by atoms with Gasteiger partial charge < -0.3 is 10.5 Å². The van der Waals surface area contributed by atoms with E-state index in [2.05, 4.69) is 34.6 Å². The Bertz CT molecular complexity index is 213. The van der Waals surface area contributed by atoms with Crippen molar-refractivity contribution in [3.05, 3.63) is 0 Å². The van der Waals surface area contributed by atoms with Gasteiger partial charge in [-0.1, -0.05) is 20.8 Å². The van der Waals surface area contributed by atoms with Gasteiger partial charge in [0, 0.05) is 0 Å². The molecule has 0 radical (unpaired) electrons. The summed E-state index contributed by atoms with van der Waals surface area (Å²) in [4.78, 5) is 0. The zero-order valence-electron chi connectivity index (χ0n) is 11.0. The van der Waals surface area contributed by atoms with E-state index in [1.54, 1.807) is 0 Å². The summed E-state index contributed by atoms with van der Waals surface area (Å²) in [5, 5.41) is 0. The van der Waals surface area contributed by atoms with Gasteiger partial charge in [-0.15, -0.1) is 0 Å². The smallest absolute Gasteiger partial charge is 0.0631 e. The van der Waals surface area contributed by atoms with Crippen LogP contribution in [0.25, 0.3) is 0 Å². The first-order chi connectivity index (χ1) is 6.79. The van der Waals surface area contributed by atoms with Crippen LogP contribution >= 0.6 is 0 Å². The lowest BCUT2D eigenvalue weighted by atomic mass is 9.74. The number of ether oxygens (including phenoxy) is 1. The SMILES string of the molecule is CC(C)C(C)(CN)CC1CCC(C)(C)O1. The highest BCUT2D eigenvalue weighted by Gasteiger charge is 2.37. The molecule has 0 aromatic rings. The van der Waals surface area contributed by atoms with E-state index in [-0.39, 0.29) is 11.0 Å². The molecule has 0 bridgehead atoms. The van der Waals surface area contributed by atoms with Gasteiger partial charge in [0.2, 0.25) is 0 Å². The summed E-state index contributed by atoms with van der Waals surface area (Å²) in [5.74, 6) is 0.620. The van der Waals surface area contributed by atoms with Gasteiger partial charge in [-0.2, -0.15) is 0 Å². The molecule has 0 amide bonds. The second kappa shape index (κ2) is 4.42. The van der Waals surface area contributed by atoms with E-state index in [1.807, 2.05) is 0 Å². The van der Waals surface area contributed by atoms with Crippen molar-refractivity contribution >= 4 is 0 Å². The largest absolute Gasteiger partial charge is 0.372 e. The number of hydrogen-bond donors (Lipinski definition) is 1. The Morgan fingerprint density at radius 3 is 2.40 bits per heavy atom. The molecule has 2 heteroatoms. The predicted octanol–water partition coefficient (Wildman–Crippen LogP) is 2.96. The van der Waals surface area contributed by atoms with Crippen molar-refractivity contribution in [2.75, 3.05) is 6.54 Å². The van der Waals surface area contributed by atoms with E-state index < -0.39 is 0 Å². The number of nitrogens with two attached hydrogens (primary N) is 1. The van der Waals surface area contributed by atoms with Gasteiger partial charge in [-0.3, -0.25) is 0 Å². The minimum absolute atomic E-state index is 0.0805. The summed E-state index contributed by atoms with van der Waals surface area (Å²) in [5.41, 5.74) is 6.21. The van der Waals surface area contributed by atoms with Crippen LogP contribution in [0.5, 0.6) is 0 Å². The van der Waals surface area contributed by atoms with Gasteiger partial charge in [0.25, 0.3) is 0 Å². The number of rotatable bonds is 4.